The van der Waals surface area contributed by atoms with Crippen LogP contribution in [0.3, 0.4) is 0 Å². The molecular formula is C40H33F17O6. The van der Waals surface area contributed by atoms with Crippen molar-refractivity contribution in [1.29, 1.82) is 0 Å². The van der Waals surface area contributed by atoms with E-state index < -0.39 is 78.7 Å². The number of esters is 2. The number of ether oxygens (including phenoxy) is 4. The Morgan fingerprint density at radius 1 is 0.540 bits per heavy atom. The molecule has 348 valence electrons. The van der Waals surface area contributed by atoms with E-state index in [1.165, 1.54) is 12.1 Å². The first-order chi connectivity index (χ1) is 28.9. The van der Waals surface area contributed by atoms with Gasteiger partial charge in [-0.05, 0) is 86.1 Å². The zero-order valence-electron chi connectivity index (χ0n) is 32.3. The minimum atomic E-state index is -8.75. The highest BCUT2D eigenvalue weighted by Gasteiger charge is 2.95. The number of alkyl halides is 17. The van der Waals surface area contributed by atoms with E-state index >= 15 is 0 Å². The summed E-state index contributed by atoms with van der Waals surface area (Å²) in [5.74, 6) is -53.7. The van der Waals surface area contributed by atoms with Gasteiger partial charge in [0.2, 0.25) is 0 Å². The monoisotopic (exact) mass is 932 g/mol. The lowest BCUT2D eigenvalue weighted by molar-refractivity contribution is -0.461. The van der Waals surface area contributed by atoms with Crippen LogP contribution in [0.1, 0.15) is 67.4 Å². The first-order valence-electron chi connectivity index (χ1n) is 18.1. The van der Waals surface area contributed by atoms with Crippen molar-refractivity contribution in [3.05, 3.63) is 89.5 Å². The van der Waals surface area contributed by atoms with Gasteiger partial charge in [-0.15, -0.1) is 0 Å². The summed E-state index contributed by atoms with van der Waals surface area (Å²) in [7, 11) is 0. The Hall–Kier alpha value is -5.43. The van der Waals surface area contributed by atoms with Gasteiger partial charge in [0.15, 0.2) is 6.10 Å². The van der Waals surface area contributed by atoms with Gasteiger partial charge in [0.05, 0.1) is 25.2 Å². The maximum absolute atomic E-state index is 14.1. The fourth-order valence-electron chi connectivity index (χ4n) is 4.94. The van der Waals surface area contributed by atoms with Crippen LogP contribution in [-0.2, 0) is 9.53 Å². The lowest BCUT2D eigenvalue weighted by Gasteiger charge is -2.42. The van der Waals surface area contributed by atoms with Crippen molar-refractivity contribution < 1.29 is 103 Å². The Bertz CT molecular complexity index is 2060. The molecule has 1 atom stereocenters. The van der Waals surface area contributed by atoms with Crippen LogP contribution in [0.15, 0.2) is 72.8 Å². The molecule has 0 aliphatic heterocycles. The van der Waals surface area contributed by atoms with Crippen LogP contribution in [-0.4, -0.2) is 78.9 Å². The minimum Gasteiger partial charge on any atom is -0.494 e. The van der Waals surface area contributed by atoms with Crippen LogP contribution in [0.2, 0.25) is 0 Å². The molecule has 0 spiro atoms. The van der Waals surface area contributed by atoms with Gasteiger partial charge in [-0.3, -0.25) is 0 Å². The highest BCUT2D eigenvalue weighted by atomic mass is 19.4. The predicted octanol–water partition coefficient (Wildman–Crippen LogP) is 12.0. The zero-order valence-corrected chi connectivity index (χ0v) is 32.3. The van der Waals surface area contributed by atoms with Crippen molar-refractivity contribution in [2.45, 2.75) is 99.7 Å². The van der Waals surface area contributed by atoms with Gasteiger partial charge in [-0.25, -0.2) is 9.59 Å². The number of hydrogen-bond acceptors (Lipinski definition) is 6. The number of carbonyl (C=O) groups is 2. The zero-order chi connectivity index (χ0) is 47.9. The fraction of sp³-hybridized carbons (Fsp3) is 0.450. The summed E-state index contributed by atoms with van der Waals surface area (Å²) in [6.07, 6.45) is -8.38. The van der Waals surface area contributed by atoms with E-state index in [0.29, 0.717) is 23.5 Å². The highest BCUT2D eigenvalue weighted by Crippen LogP contribution is 2.64. The van der Waals surface area contributed by atoms with Gasteiger partial charge < -0.3 is 18.9 Å². The molecule has 0 saturated heterocycles. The summed E-state index contributed by atoms with van der Waals surface area (Å²) in [5.41, 5.74) is 1.37. The van der Waals surface area contributed by atoms with Crippen molar-refractivity contribution in [3.63, 3.8) is 0 Å². The van der Waals surface area contributed by atoms with Crippen LogP contribution < -0.4 is 14.2 Å². The van der Waals surface area contributed by atoms with Gasteiger partial charge in [-0.1, -0.05) is 38.0 Å². The molecule has 0 aliphatic carbocycles. The first kappa shape index (κ1) is 51.9. The molecule has 0 aliphatic rings. The highest BCUT2D eigenvalue weighted by molar-refractivity contribution is 5.91. The first-order valence-corrected chi connectivity index (χ1v) is 18.1. The van der Waals surface area contributed by atoms with Crippen molar-refractivity contribution in [1.82, 2.24) is 0 Å². The van der Waals surface area contributed by atoms with Gasteiger partial charge in [0.1, 0.15) is 17.2 Å². The standard InChI is InChI=1S/C40H33F17O6/c1-3-4-5-6-22-60-28-15-11-26(12-16-28)8-7-25-9-13-27(14-10-25)32(59)63-30-19-17-29(18-20-30)62-24(2)31(58)61-23-21-33(41,42)34(43,44)35(45,46)36(47,48)37(49,50)38(51,52)39(53,54)40(55,56)57/h9-20,24H,3-6,21-23H2,1-2H3/t24-/m0/s1. The molecule has 3 aromatic carbocycles. The van der Waals surface area contributed by atoms with Crippen LogP contribution >= 0.6 is 0 Å². The Balaban J connectivity index is 1.54. The molecular weight excluding hydrogens is 899 g/mol. The molecule has 0 fully saturated rings. The molecule has 0 amide bonds. The fourth-order valence-corrected chi connectivity index (χ4v) is 4.94. The third kappa shape index (κ3) is 11.2. The third-order valence-corrected chi connectivity index (χ3v) is 8.72. The molecule has 3 rings (SSSR count). The summed E-state index contributed by atoms with van der Waals surface area (Å²) >= 11 is 0. The summed E-state index contributed by atoms with van der Waals surface area (Å²) in [6.45, 7) is 1.44. The number of carbonyl (C=O) groups excluding carboxylic acids is 2. The summed E-state index contributed by atoms with van der Waals surface area (Å²) in [4.78, 5) is 24.8. The maximum Gasteiger partial charge on any atom is 0.460 e. The van der Waals surface area contributed by atoms with E-state index in [-0.39, 0.29) is 17.1 Å². The SMILES string of the molecule is CCCCCCOc1ccc(C#Cc2ccc(C(=O)Oc3ccc(O[C@@H](C)C(=O)OCCC(F)(F)C(F)(F)C(F)(F)C(F)(F)C(F)(F)C(F)(F)C(F)(F)C(F)(F)F)cc3)cc2)cc1. The second kappa shape index (κ2) is 19.5. The van der Waals surface area contributed by atoms with Gasteiger partial charge in [0, 0.05) is 11.1 Å². The van der Waals surface area contributed by atoms with Crippen molar-refractivity contribution in [2.75, 3.05) is 13.2 Å². The molecule has 6 nitrogen and oxygen atoms in total. The number of unbranched alkanes of at least 4 members (excludes halogenated alkanes) is 3. The van der Waals surface area contributed by atoms with Crippen LogP contribution in [0.4, 0.5) is 74.6 Å². The van der Waals surface area contributed by atoms with Crippen LogP contribution in [0.5, 0.6) is 17.2 Å². The quantitative estimate of drug-likeness (QED) is 0.0370. The second-order valence-corrected chi connectivity index (χ2v) is 13.4. The maximum atomic E-state index is 14.1. The molecule has 0 N–H and O–H groups in total. The van der Waals surface area contributed by atoms with Gasteiger partial charge >= 0.3 is 59.6 Å². The topological polar surface area (TPSA) is 71.1 Å². The minimum absolute atomic E-state index is 0.0825. The van der Waals surface area contributed by atoms with Crippen molar-refractivity contribution in [3.8, 4) is 29.1 Å². The number of benzene rings is 3. The second-order valence-electron chi connectivity index (χ2n) is 13.4. The molecule has 0 unspecified atom stereocenters. The van der Waals surface area contributed by atoms with E-state index in [4.69, 9.17) is 14.2 Å². The van der Waals surface area contributed by atoms with Crippen LogP contribution in [0.25, 0.3) is 0 Å². The van der Waals surface area contributed by atoms with Crippen molar-refractivity contribution >= 4 is 11.9 Å². The molecule has 0 radical (unpaired) electrons. The van der Waals surface area contributed by atoms with E-state index in [2.05, 4.69) is 23.5 Å². The average molecular weight is 933 g/mol. The van der Waals surface area contributed by atoms with E-state index in [1.807, 2.05) is 0 Å². The molecule has 0 saturated carbocycles. The predicted molar refractivity (Wildman–Crippen MR) is 186 cm³/mol. The summed E-state index contributed by atoms with van der Waals surface area (Å²) in [6, 6.07) is 17.6. The molecule has 0 bridgehead atoms. The van der Waals surface area contributed by atoms with E-state index in [9.17, 15) is 84.2 Å². The molecule has 0 aromatic heterocycles. The lowest BCUT2D eigenvalue weighted by Crippen LogP contribution is -2.74. The van der Waals surface area contributed by atoms with Crippen molar-refractivity contribution in [2.24, 2.45) is 0 Å². The smallest absolute Gasteiger partial charge is 0.460 e. The Labute approximate surface area is 346 Å². The van der Waals surface area contributed by atoms with Gasteiger partial charge in [-0.2, -0.15) is 74.6 Å². The van der Waals surface area contributed by atoms with Gasteiger partial charge in [0.25, 0.3) is 0 Å². The molecule has 3 aromatic rings. The normalized spacial score (nSPS) is 13.7. The molecule has 23 heteroatoms. The number of rotatable bonds is 20. The Morgan fingerprint density at radius 2 is 0.984 bits per heavy atom. The largest absolute Gasteiger partial charge is 0.494 e. The average Bonchev–Trinajstić information content (AvgIpc) is 3.20. The lowest BCUT2D eigenvalue weighted by atomic mass is 9.88. The third-order valence-electron chi connectivity index (χ3n) is 8.72. The summed E-state index contributed by atoms with van der Waals surface area (Å²) in [5, 5.41) is 0. The Morgan fingerprint density at radius 3 is 1.48 bits per heavy atom. The summed E-state index contributed by atoms with van der Waals surface area (Å²) < 4.78 is 249. The Kier molecular flexibility index (Phi) is 16.1. The number of halogens is 17. The van der Waals surface area contributed by atoms with E-state index in [0.717, 1.165) is 56.9 Å². The number of hydrogen-bond donors (Lipinski definition) is 0. The molecule has 0 heterocycles. The van der Waals surface area contributed by atoms with E-state index in [1.54, 1.807) is 36.4 Å². The molecule has 63 heavy (non-hydrogen) atoms. The van der Waals surface area contributed by atoms with Crippen LogP contribution in [0, 0.1) is 11.8 Å².